The second-order valence-electron chi connectivity index (χ2n) is 12.5. The highest BCUT2D eigenvalue weighted by Gasteiger charge is 2.40. The molecule has 3 fully saturated rings. The number of pyridine rings is 1. The number of amides is 1. The first-order chi connectivity index (χ1) is 18.5. The molecule has 5 rings (SSSR count). The predicted octanol–water partition coefficient (Wildman–Crippen LogP) is 5.26. The molecular formula is C30H40F3N5O. The molecule has 3 aliphatic heterocycles. The highest BCUT2D eigenvalue weighted by molar-refractivity contribution is 5.76. The molecular weight excluding hydrogens is 503 g/mol. The Bertz CT molecular complexity index is 1120. The van der Waals surface area contributed by atoms with Crippen LogP contribution in [0.5, 0.6) is 0 Å². The van der Waals surface area contributed by atoms with E-state index in [1.807, 2.05) is 4.90 Å². The summed E-state index contributed by atoms with van der Waals surface area (Å²) in [7, 11) is 0. The Morgan fingerprint density at radius 3 is 2.21 bits per heavy atom. The predicted molar refractivity (Wildman–Crippen MR) is 148 cm³/mol. The van der Waals surface area contributed by atoms with Crippen molar-refractivity contribution in [3.63, 3.8) is 0 Å². The SMILES string of the molecule is CC(C)(C)c1ccc(N2CC3CN(CCC(=O)N4CCC(Nc5ccnc(C(F)(F)F)c5)CC4)CC3C2)cc1. The number of likely N-dealkylation sites (tertiary alicyclic amines) is 2. The molecule has 4 heterocycles. The average Bonchev–Trinajstić information content (AvgIpc) is 3.46. The fourth-order valence-corrected chi connectivity index (χ4v) is 6.25. The van der Waals surface area contributed by atoms with E-state index in [-0.39, 0.29) is 17.4 Å². The Labute approximate surface area is 229 Å². The Morgan fingerprint density at radius 1 is 0.974 bits per heavy atom. The van der Waals surface area contributed by atoms with Crippen LogP contribution in [0.1, 0.15) is 51.3 Å². The molecule has 212 valence electrons. The van der Waals surface area contributed by atoms with Gasteiger partial charge in [-0.15, -0.1) is 0 Å². The molecule has 3 aliphatic rings. The summed E-state index contributed by atoms with van der Waals surface area (Å²) in [5, 5.41) is 3.19. The first kappa shape index (κ1) is 27.7. The largest absolute Gasteiger partial charge is 0.433 e. The van der Waals surface area contributed by atoms with Crippen molar-refractivity contribution in [2.24, 2.45) is 11.8 Å². The third kappa shape index (κ3) is 6.68. The van der Waals surface area contributed by atoms with Gasteiger partial charge in [-0.1, -0.05) is 32.9 Å². The van der Waals surface area contributed by atoms with E-state index in [2.05, 4.69) is 65.1 Å². The van der Waals surface area contributed by atoms with Crippen LogP contribution in [0.25, 0.3) is 0 Å². The number of hydrogen-bond acceptors (Lipinski definition) is 5. The molecule has 6 nitrogen and oxygen atoms in total. The molecule has 0 aliphatic carbocycles. The number of carbonyl (C=O) groups excluding carboxylic acids is 1. The summed E-state index contributed by atoms with van der Waals surface area (Å²) in [4.78, 5) is 23.2. The van der Waals surface area contributed by atoms with Crippen molar-refractivity contribution in [3.05, 3.63) is 53.9 Å². The van der Waals surface area contributed by atoms with Gasteiger partial charge in [0.2, 0.25) is 5.91 Å². The van der Waals surface area contributed by atoms with Gasteiger partial charge in [0.15, 0.2) is 0 Å². The summed E-state index contributed by atoms with van der Waals surface area (Å²) in [6.45, 7) is 13.0. The maximum atomic E-state index is 12.9. The Kier molecular flexibility index (Phi) is 7.82. The van der Waals surface area contributed by atoms with E-state index in [4.69, 9.17) is 0 Å². The minimum absolute atomic E-state index is 0.0445. The summed E-state index contributed by atoms with van der Waals surface area (Å²) in [5.41, 5.74) is 2.35. The maximum Gasteiger partial charge on any atom is 0.433 e. The number of halogens is 3. The van der Waals surface area contributed by atoms with Crippen LogP contribution in [-0.2, 0) is 16.4 Å². The average molecular weight is 544 g/mol. The van der Waals surface area contributed by atoms with Crippen molar-refractivity contribution in [2.75, 3.05) is 56.0 Å². The molecule has 0 radical (unpaired) electrons. The molecule has 1 N–H and O–H groups in total. The standard InChI is InChI=1S/C30H40F3N5O/c1-29(2,3)23-4-6-26(7-5-23)38-19-21-17-36(18-22(21)20-38)13-11-28(39)37-14-9-24(10-15-37)35-25-8-12-34-27(16-25)30(31,32)33/h4-8,12,16,21-22,24H,9-11,13-15,17-20H2,1-3H3,(H,34,35). The van der Waals surface area contributed by atoms with Gasteiger partial charge in [0.1, 0.15) is 5.69 Å². The van der Waals surface area contributed by atoms with Gasteiger partial charge in [0, 0.05) is 75.8 Å². The van der Waals surface area contributed by atoms with E-state index in [1.54, 1.807) is 6.07 Å². The molecule has 2 aromatic rings. The lowest BCUT2D eigenvalue weighted by atomic mass is 9.87. The fourth-order valence-electron chi connectivity index (χ4n) is 6.25. The third-order valence-corrected chi connectivity index (χ3v) is 8.57. The number of benzene rings is 1. The third-order valence-electron chi connectivity index (χ3n) is 8.57. The van der Waals surface area contributed by atoms with Gasteiger partial charge >= 0.3 is 6.18 Å². The number of piperidine rings is 1. The normalized spacial score (nSPS) is 22.8. The number of fused-ring (bicyclic) bond motifs is 1. The van der Waals surface area contributed by atoms with Crippen LogP contribution in [0.3, 0.4) is 0 Å². The highest BCUT2D eigenvalue weighted by atomic mass is 19.4. The number of aromatic nitrogens is 1. The van der Waals surface area contributed by atoms with Crippen LogP contribution in [0.15, 0.2) is 42.6 Å². The summed E-state index contributed by atoms with van der Waals surface area (Å²) >= 11 is 0. The number of carbonyl (C=O) groups is 1. The monoisotopic (exact) mass is 543 g/mol. The second-order valence-corrected chi connectivity index (χ2v) is 12.5. The lowest BCUT2D eigenvalue weighted by molar-refractivity contribution is -0.141. The lowest BCUT2D eigenvalue weighted by Gasteiger charge is -2.33. The molecule has 0 spiro atoms. The maximum absolute atomic E-state index is 12.9. The van der Waals surface area contributed by atoms with Gasteiger partial charge in [-0.3, -0.25) is 9.78 Å². The van der Waals surface area contributed by atoms with Gasteiger partial charge in [-0.25, -0.2) is 0 Å². The highest BCUT2D eigenvalue weighted by Crippen LogP contribution is 2.35. The molecule has 9 heteroatoms. The van der Waals surface area contributed by atoms with E-state index in [1.165, 1.54) is 17.4 Å². The van der Waals surface area contributed by atoms with Gasteiger partial charge in [0.25, 0.3) is 0 Å². The number of anilines is 2. The van der Waals surface area contributed by atoms with E-state index in [9.17, 15) is 18.0 Å². The van der Waals surface area contributed by atoms with Crippen LogP contribution in [0.4, 0.5) is 24.5 Å². The van der Waals surface area contributed by atoms with Crippen LogP contribution in [-0.4, -0.2) is 72.5 Å². The first-order valence-corrected chi connectivity index (χ1v) is 14.1. The molecule has 2 unspecified atom stereocenters. The molecule has 2 atom stereocenters. The minimum Gasteiger partial charge on any atom is -0.382 e. The van der Waals surface area contributed by atoms with E-state index in [0.29, 0.717) is 37.0 Å². The van der Waals surface area contributed by atoms with Crippen LogP contribution in [0, 0.1) is 11.8 Å². The van der Waals surface area contributed by atoms with Crippen molar-refractivity contribution in [2.45, 2.75) is 57.7 Å². The number of rotatable bonds is 6. The van der Waals surface area contributed by atoms with Gasteiger partial charge in [-0.05, 0) is 59.9 Å². The number of nitrogens with zero attached hydrogens (tertiary/aromatic N) is 4. The van der Waals surface area contributed by atoms with Crippen molar-refractivity contribution in [1.29, 1.82) is 0 Å². The topological polar surface area (TPSA) is 51.7 Å². The Balaban J connectivity index is 1.02. The van der Waals surface area contributed by atoms with Crippen LogP contribution in [0.2, 0.25) is 0 Å². The quantitative estimate of drug-likeness (QED) is 0.539. The number of hydrogen-bond donors (Lipinski definition) is 1. The van der Waals surface area contributed by atoms with Crippen molar-refractivity contribution < 1.29 is 18.0 Å². The lowest BCUT2D eigenvalue weighted by Crippen LogP contribution is -2.43. The smallest absolute Gasteiger partial charge is 0.382 e. The van der Waals surface area contributed by atoms with E-state index < -0.39 is 11.9 Å². The molecule has 0 bridgehead atoms. The van der Waals surface area contributed by atoms with Crippen molar-refractivity contribution in [3.8, 4) is 0 Å². The molecule has 1 aromatic carbocycles. The summed E-state index contributed by atoms with van der Waals surface area (Å²) in [6, 6.07) is 11.7. The summed E-state index contributed by atoms with van der Waals surface area (Å²) in [6.07, 6.45) is -1.32. The minimum atomic E-state index is -4.46. The van der Waals surface area contributed by atoms with Crippen LogP contribution < -0.4 is 10.2 Å². The van der Waals surface area contributed by atoms with Gasteiger partial charge in [-0.2, -0.15) is 13.2 Å². The molecule has 39 heavy (non-hydrogen) atoms. The van der Waals surface area contributed by atoms with Crippen LogP contribution >= 0.6 is 0 Å². The first-order valence-electron chi connectivity index (χ1n) is 14.1. The Morgan fingerprint density at radius 2 is 1.62 bits per heavy atom. The number of nitrogens with one attached hydrogen (secondary N) is 1. The van der Waals surface area contributed by atoms with E-state index >= 15 is 0 Å². The Hall–Kier alpha value is -2.81. The molecule has 0 saturated carbocycles. The second kappa shape index (κ2) is 11.0. The fraction of sp³-hybridized carbons (Fsp3) is 0.600. The zero-order chi connectivity index (χ0) is 27.8. The number of alkyl halides is 3. The molecule has 3 saturated heterocycles. The van der Waals surface area contributed by atoms with Gasteiger partial charge < -0.3 is 20.0 Å². The van der Waals surface area contributed by atoms with E-state index in [0.717, 1.165) is 51.6 Å². The molecule has 1 aromatic heterocycles. The zero-order valence-electron chi connectivity index (χ0n) is 23.2. The summed E-state index contributed by atoms with van der Waals surface area (Å²) in [5.74, 6) is 1.47. The van der Waals surface area contributed by atoms with Gasteiger partial charge in [0.05, 0.1) is 0 Å². The summed E-state index contributed by atoms with van der Waals surface area (Å²) < 4.78 is 38.8. The van der Waals surface area contributed by atoms with Crippen molar-refractivity contribution >= 4 is 17.3 Å². The molecule has 1 amide bonds. The van der Waals surface area contributed by atoms with Crippen molar-refractivity contribution in [1.82, 2.24) is 14.8 Å². The zero-order valence-corrected chi connectivity index (χ0v) is 23.2.